The molecule has 2 aliphatic rings. The summed E-state index contributed by atoms with van der Waals surface area (Å²) in [5, 5.41) is 13.1. The number of carbonyl (C=O) groups is 1. The minimum atomic E-state index is -0.191. The molecule has 5 rings (SSSR count). The number of benzene rings is 2. The lowest BCUT2D eigenvalue weighted by atomic mass is 9.84. The Kier molecular flexibility index (Phi) is 4.62. The van der Waals surface area contributed by atoms with E-state index in [4.69, 9.17) is 4.42 Å². The van der Waals surface area contributed by atoms with E-state index in [-0.39, 0.29) is 11.8 Å². The summed E-state index contributed by atoms with van der Waals surface area (Å²) in [5.74, 6) is 1.60. The number of nitrogens with zero attached hydrogens (tertiary/aromatic N) is 2. The van der Waals surface area contributed by atoms with Crippen LogP contribution in [0.15, 0.2) is 75.9 Å². The van der Waals surface area contributed by atoms with Gasteiger partial charge < -0.3 is 9.32 Å². The van der Waals surface area contributed by atoms with Gasteiger partial charge >= 0.3 is 0 Å². The van der Waals surface area contributed by atoms with E-state index in [0.29, 0.717) is 18.7 Å². The van der Waals surface area contributed by atoms with Crippen molar-refractivity contribution in [3.05, 3.63) is 82.8 Å². The van der Waals surface area contributed by atoms with E-state index < -0.39 is 0 Å². The Hall–Kier alpha value is -3.01. The molecule has 2 atom stereocenters. The Labute approximate surface area is 173 Å². The van der Waals surface area contributed by atoms with Crippen LogP contribution in [0, 0.1) is 11.3 Å². The number of furan rings is 1. The molecule has 0 spiro atoms. The predicted octanol–water partition coefficient (Wildman–Crippen LogP) is 3.23. The van der Waals surface area contributed by atoms with Crippen molar-refractivity contribution in [1.82, 2.24) is 4.90 Å². The van der Waals surface area contributed by atoms with E-state index in [1.165, 1.54) is 4.90 Å². The van der Waals surface area contributed by atoms with Crippen molar-refractivity contribution >= 4 is 28.4 Å². The van der Waals surface area contributed by atoms with Gasteiger partial charge in [-0.1, -0.05) is 42.5 Å². The number of allylic oxidation sites excluding steroid dienone is 1. The van der Waals surface area contributed by atoms with Crippen molar-refractivity contribution < 1.29 is 14.1 Å². The first-order valence-electron chi connectivity index (χ1n) is 9.65. The number of hydrogen-bond acceptors (Lipinski definition) is 4. The number of rotatable bonds is 3. The third-order valence-corrected chi connectivity index (χ3v) is 6.89. The van der Waals surface area contributed by atoms with Gasteiger partial charge in [-0.2, -0.15) is 5.26 Å². The summed E-state index contributed by atoms with van der Waals surface area (Å²) < 4.78 is 5.46. The number of nitriles is 1. The van der Waals surface area contributed by atoms with Gasteiger partial charge in [0.15, 0.2) is 12.4 Å². The quantitative estimate of drug-likeness (QED) is 0.731. The third kappa shape index (κ3) is 3.23. The first-order valence-corrected chi connectivity index (χ1v) is 10.6. The van der Waals surface area contributed by atoms with Gasteiger partial charge in [0, 0.05) is 12.3 Å². The standard InChI is InChI=1S/C23H19N3O2S/c24-12-21-20(19-9-3-6-16-5-1-2-8-18(16)19)11-22(27)26-14-25(15-29-23(21)26)13-17-7-4-10-28-17/h1-10,20H,11,13-15H2/p+1/t20-/m0/s1. The van der Waals surface area contributed by atoms with Gasteiger partial charge in [0.1, 0.15) is 17.5 Å². The molecule has 1 N–H and O–H groups in total. The molecule has 2 aromatic carbocycles. The molecule has 1 fully saturated rings. The molecule has 5 nitrogen and oxygen atoms in total. The first kappa shape index (κ1) is 18.0. The first-order chi connectivity index (χ1) is 14.2. The highest BCUT2D eigenvalue weighted by atomic mass is 32.2. The Bertz CT molecular complexity index is 1140. The van der Waals surface area contributed by atoms with Crippen molar-refractivity contribution in [3.63, 3.8) is 0 Å². The molecule has 1 aromatic heterocycles. The van der Waals surface area contributed by atoms with Crippen LogP contribution in [0.25, 0.3) is 10.8 Å². The molecule has 1 amide bonds. The molecule has 29 heavy (non-hydrogen) atoms. The van der Waals surface area contributed by atoms with Crippen molar-refractivity contribution in [2.45, 2.75) is 18.9 Å². The number of nitrogens with one attached hydrogen (secondary N) is 1. The highest BCUT2D eigenvalue weighted by Crippen LogP contribution is 2.42. The van der Waals surface area contributed by atoms with Crippen LogP contribution < -0.4 is 4.90 Å². The van der Waals surface area contributed by atoms with Gasteiger partial charge in [-0.3, -0.25) is 9.69 Å². The van der Waals surface area contributed by atoms with E-state index in [1.54, 1.807) is 22.9 Å². The highest BCUT2D eigenvalue weighted by molar-refractivity contribution is 8.02. The van der Waals surface area contributed by atoms with Crippen LogP contribution in [0.4, 0.5) is 0 Å². The van der Waals surface area contributed by atoms with Crippen molar-refractivity contribution in [1.29, 1.82) is 5.26 Å². The lowest BCUT2D eigenvalue weighted by Crippen LogP contribution is -3.12. The third-order valence-electron chi connectivity index (χ3n) is 5.62. The molecule has 0 aliphatic carbocycles. The normalized spacial score (nSPS) is 21.9. The van der Waals surface area contributed by atoms with Crippen LogP contribution in [0.5, 0.6) is 0 Å². The van der Waals surface area contributed by atoms with Crippen LogP contribution >= 0.6 is 11.8 Å². The second kappa shape index (κ2) is 7.43. The topological polar surface area (TPSA) is 61.7 Å². The Balaban J connectivity index is 1.50. The van der Waals surface area contributed by atoms with Gasteiger partial charge in [0.25, 0.3) is 0 Å². The maximum atomic E-state index is 13.1. The monoisotopic (exact) mass is 402 g/mol. The van der Waals surface area contributed by atoms with E-state index in [0.717, 1.165) is 39.5 Å². The molecule has 0 bridgehead atoms. The van der Waals surface area contributed by atoms with Gasteiger partial charge in [0.05, 0.1) is 17.9 Å². The minimum Gasteiger partial charge on any atom is -0.463 e. The van der Waals surface area contributed by atoms with Crippen molar-refractivity contribution in [3.8, 4) is 6.07 Å². The summed E-state index contributed by atoms with van der Waals surface area (Å²) >= 11 is 1.60. The molecule has 3 aromatic rings. The molecule has 1 unspecified atom stereocenters. The van der Waals surface area contributed by atoms with Crippen LogP contribution in [0.1, 0.15) is 23.7 Å². The summed E-state index contributed by atoms with van der Waals surface area (Å²) in [6, 6.07) is 20.6. The Morgan fingerprint density at radius 1 is 1.17 bits per heavy atom. The molecule has 0 radical (unpaired) electrons. The number of quaternary nitrogens is 1. The van der Waals surface area contributed by atoms with Gasteiger partial charge in [0.2, 0.25) is 5.91 Å². The summed E-state index contributed by atoms with van der Waals surface area (Å²) in [6.45, 7) is 1.29. The van der Waals surface area contributed by atoms with E-state index in [1.807, 2.05) is 30.3 Å². The summed E-state index contributed by atoms with van der Waals surface area (Å²) in [6.07, 6.45) is 2.00. The fourth-order valence-corrected chi connectivity index (χ4v) is 5.46. The maximum absolute atomic E-state index is 13.1. The van der Waals surface area contributed by atoms with Gasteiger partial charge in [-0.15, -0.1) is 0 Å². The van der Waals surface area contributed by atoms with Crippen LogP contribution in [-0.4, -0.2) is 23.4 Å². The average molecular weight is 402 g/mol. The maximum Gasteiger partial charge on any atom is 0.232 e. The van der Waals surface area contributed by atoms with Gasteiger partial charge in [-0.25, -0.2) is 0 Å². The van der Waals surface area contributed by atoms with Crippen molar-refractivity contribution in [2.75, 3.05) is 12.5 Å². The molecule has 2 aliphatic heterocycles. The van der Waals surface area contributed by atoms with Crippen molar-refractivity contribution in [2.24, 2.45) is 0 Å². The second-order valence-electron chi connectivity index (χ2n) is 7.43. The SMILES string of the molecule is N#CC1=C2SC[NH+](Cc3ccco3)CN2C(=O)C[C@H]1c1cccc2ccccc12. The van der Waals surface area contributed by atoms with Crippen LogP contribution in [-0.2, 0) is 11.3 Å². The number of carbonyl (C=O) groups excluding carboxylic acids is 1. The molecular weight excluding hydrogens is 382 g/mol. The Morgan fingerprint density at radius 3 is 2.86 bits per heavy atom. The lowest BCUT2D eigenvalue weighted by Gasteiger charge is -2.39. The zero-order valence-corrected chi connectivity index (χ0v) is 16.6. The highest BCUT2D eigenvalue weighted by Gasteiger charge is 2.40. The molecule has 0 saturated carbocycles. The average Bonchev–Trinajstić information content (AvgIpc) is 3.26. The summed E-state index contributed by atoms with van der Waals surface area (Å²) in [4.78, 5) is 16.1. The molecule has 3 heterocycles. The van der Waals surface area contributed by atoms with E-state index >= 15 is 0 Å². The second-order valence-corrected chi connectivity index (χ2v) is 8.39. The smallest absolute Gasteiger partial charge is 0.232 e. The summed E-state index contributed by atoms with van der Waals surface area (Å²) in [5.41, 5.74) is 1.77. The van der Waals surface area contributed by atoms with Crippen LogP contribution in [0.2, 0.25) is 0 Å². The lowest BCUT2D eigenvalue weighted by molar-refractivity contribution is -0.911. The summed E-state index contributed by atoms with van der Waals surface area (Å²) in [7, 11) is 0. The molecule has 6 heteroatoms. The zero-order valence-electron chi connectivity index (χ0n) is 15.8. The Morgan fingerprint density at radius 2 is 2.03 bits per heavy atom. The van der Waals surface area contributed by atoms with E-state index in [9.17, 15) is 10.1 Å². The number of amides is 1. The number of hydrogen-bond donors (Lipinski definition) is 1. The molecule has 144 valence electrons. The number of thioether (sulfide) groups is 1. The zero-order chi connectivity index (χ0) is 19.8. The van der Waals surface area contributed by atoms with Crippen LogP contribution in [0.3, 0.4) is 0 Å². The van der Waals surface area contributed by atoms with Gasteiger partial charge in [-0.05, 0) is 40.2 Å². The fraction of sp³-hybridized carbons (Fsp3) is 0.217. The molecular formula is C23H20N3O2S+. The predicted molar refractivity (Wildman–Crippen MR) is 111 cm³/mol. The van der Waals surface area contributed by atoms with E-state index in [2.05, 4.69) is 30.3 Å². The number of fused-ring (bicyclic) bond motifs is 2. The minimum absolute atomic E-state index is 0.0843. The largest absolute Gasteiger partial charge is 0.463 e. The molecule has 1 saturated heterocycles. The fourth-order valence-electron chi connectivity index (χ4n) is 4.26.